The van der Waals surface area contributed by atoms with Crippen molar-refractivity contribution >= 4 is 27.7 Å². The van der Waals surface area contributed by atoms with Crippen molar-refractivity contribution in [2.24, 2.45) is 0 Å². The lowest BCUT2D eigenvalue weighted by atomic mass is 9.84. The number of carbonyl (C=O) groups is 1. The van der Waals surface area contributed by atoms with E-state index in [-0.39, 0.29) is 29.9 Å². The van der Waals surface area contributed by atoms with Gasteiger partial charge >= 0.3 is 0 Å². The molecule has 4 aromatic rings. The Bertz CT molecular complexity index is 1680. The van der Waals surface area contributed by atoms with Gasteiger partial charge < -0.3 is 10.1 Å². The molecular formula is C34H44N6O4S. The topological polar surface area (TPSA) is 126 Å². The maximum atomic E-state index is 13.5. The van der Waals surface area contributed by atoms with Crippen LogP contribution < -0.4 is 10.1 Å². The quantitative estimate of drug-likeness (QED) is 0.185. The van der Waals surface area contributed by atoms with Gasteiger partial charge in [0.2, 0.25) is 11.8 Å². The molecule has 1 amide bonds. The average Bonchev–Trinajstić information content (AvgIpc) is 3.68. The lowest BCUT2D eigenvalue weighted by Gasteiger charge is -2.41. The fraction of sp³-hybridized carbons (Fsp3) is 0.471. The first-order chi connectivity index (χ1) is 21.7. The van der Waals surface area contributed by atoms with Crippen LogP contribution in [0.5, 0.6) is 5.88 Å². The molecule has 10 nitrogen and oxygen atoms in total. The minimum absolute atomic E-state index is 0.0412. The van der Waals surface area contributed by atoms with Crippen LogP contribution in [0.4, 0.5) is 0 Å². The van der Waals surface area contributed by atoms with Gasteiger partial charge in [0.1, 0.15) is 16.5 Å². The molecule has 2 atom stereocenters. The van der Waals surface area contributed by atoms with E-state index in [1.165, 1.54) is 0 Å². The highest BCUT2D eigenvalue weighted by atomic mass is 32.3. The molecule has 2 aromatic carbocycles. The van der Waals surface area contributed by atoms with Crippen LogP contribution in [0, 0.1) is 13.8 Å². The molecule has 6 rings (SSSR count). The van der Waals surface area contributed by atoms with Crippen molar-refractivity contribution in [2.75, 3.05) is 6.54 Å². The summed E-state index contributed by atoms with van der Waals surface area (Å²) in [5, 5.41) is 12.1. The number of pyridine rings is 1. The Balaban J connectivity index is 1.37. The summed E-state index contributed by atoms with van der Waals surface area (Å²) in [6.45, 7) is 9.54. The van der Waals surface area contributed by atoms with Gasteiger partial charge in [-0.3, -0.25) is 13.9 Å². The second-order valence-electron chi connectivity index (χ2n) is 12.3. The highest BCUT2D eigenvalue weighted by Crippen LogP contribution is 2.57. The Kier molecular flexibility index (Phi) is 9.15. The molecule has 1 fully saturated rings. The minimum atomic E-state index is -3.36. The third-order valence-corrected chi connectivity index (χ3v) is 11.3. The van der Waals surface area contributed by atoms with E-state index in [1.54, 1.807) is 22.6 Å². The number of benzene rings is 2. The van der Waals surface area contributed by atoms with Crippen LogP contribution in [0.2, 0.25) is 0 Å². The number of aryl methyl sites for hydroxylation is 3. The van der Waals surface area contributed by atoms with Crippen molar-refractivity contribution in [3.05, 3.63) is 76.5 Å². The summed E-state index contributed by atoms with van der Waals surface area (Å²) in [6, 6.07) is 14.1. The molecule has 0 spiro atoms. The lowest BCUT2D eigenvalue weighted by molar-refractivity contribution is -0.122. The van der Waals surface area contributed by atoms with Crippen molar-refractivity contribution < 1.29 is 18.6 Å². The number of rotatable bonds is 9. The smallest absolute Gasteiger partial charge is 0.239 e. The number of aromatic nitrogens is 4. The molecule has 240 valence electrons. The van der Waals surface area contributed by atoms with Gasteiger partial charge in [-0.25, -0.2) is 9.67 Å². The standard InChI is InChI=1S/C34H44N6O4S/c1-5-27-21-39(45(42,43)31-12-9-17-35-34(31)44-27)20-25-18-24(14-13-22(25)3)29(19-32(41)36-26-10-7-8-11-26)28-15-16-30-33(23(28)4)37-38-40(30)6-2/h9,12-18,26-27,29,42-43H,5-8,10-11,19-21H2,1-4H3,(H,36,41). The van der Waals surface area contributed by atoms with Gasteiger partial charge in [-0.2, -0.15) is 4.31 Å². The number of nitrogens with one attached hydrogen (secondary N) is 1. The molecule has 3 N–H and O–H groups in total. The first-order valence-electron chi connectivity index (χ1n) is 16.1. The molecule has 3 heterocycles. The fourth-order valence-electron chi connectivity index (χ4n) is 6.72. The monoisotopic (exact) mass is 632 g/mol. The SMILES string of the molecule is CCC1CN(Cc2cc(C(CC(=O)NC3CCCC3)c3ccc4c(nnn4CC)c3C)ccc2C)S(O)(O)c2cccnc2O1. The molecular weight excluding hydrogens is 588 g/mol. The summed E-state index contributed by atoms with van der Waals surface area (Å²) in [5.74, 6) is 0.0964. The molecule has 2 unspecified atom stereocenters. The van der Waals surface area contributed by atoms with Crippen molar-refractivity contribution in [1.82, 2.24) is 29.6 Å². The Morgan fingerprint density at radius 2 is 1.93 bits per heavy atom. The van der Waals surface area contributed by atoms with Crippen LogP contribution in [-0.2, 0) is 17.9 Å². The first kappa shape index (κ1) is 31.5. The minimum Gasteiger partial charge on any atom is -0.472 e. The van der Waals surface area contributed by atoms with Gasteiger partial charge in [0.05, 0.1) is 12.1 Å². The van der Waals surface area contributed by atoms with Crippen LogP contribution in [0.1, 0.15) is 86.1 Å². The van der Waals surface area contributed by atoms with E-state index in [2.05, 4.69) is 57.9 Å². The molecule has 0 saturated heterocycles. The van der Waals surface area contributed by atoms with E-state index in [0.717, 1.165) is 71.1 Å². The first-order valence-corrected chi connectivity index (χ1v) is 17.6. The van der Waals surface area contributed by atoms with E-state index >= 15 is 0 Å². The maximum absolute atomic E-state index is 13.5. The van der Waals surface area contributed by atoms with Crippen LogP contribution in [0.15, 0.2) is 53.6 Å². The van der Waals surface area contributed by atoms with E-state index in [9.17, 15) is 13.9 Å². The molecule has 1 aliphatic heterocycles. The summed E-state index contributed by atoms with van der Waals surface area (Å²) in [4.78, 5) is 18.1. The third-order valence-electron chi connectivity index (χ3n) is 9.42. The molecule has 0 bridgehead atoms. The molecule has 2 aromatic heterocycles. The summed E-state index contributed by atoms with van der Waals surface area (Å²) in [6.07, 6.45) is 6.72. The molecule has 0 radical (unpaired) electrons. The van der Waals surface area contributed by atoms with E-state index in [0.29, 0.717) is 30.8 Å². The van der Waals surface area contributed by atoms with Gasteiger partial charge in [-0.05, 0) is 86.1 Å². The number of fused-ring (bicyclic) bond motifs is 2. The lowest BCUT2D eigenvalue weighted by Crippen LogP contribution is -2.34. The third kappa shape index (κ3) is 6.31. The normalized spacial score (nSPS) is 19.9. The number of hydrogen-bond acceptors (Lipinski definition) is 8. The predicted octanol–water partition coefficient (Wildman–Crippen LogP) is 6.74. The van der Waals surface area contributed by atoms with Crippen molar-refractivity contribution in [3.8, 4) is 5.88 Å². The van der Waals surface area contributed by atoms with Crippen LogP contribution in [0.25, 0.3) is 11.0 Å². The van der Waals surface area contributed by atoms with Gasteiger partial charge in [0.25, 0.3) is 0 Å². The second-order valence-corrected chi connectivity index (χ2v) is 14.3. The van der Waals surface area contributed by atoms with Crippen molar-refractivity contribution in [3.63, 3.8) is 0 Å². The molecule has 1 aliphatic carbocycles. The second kappa shape index (κ2) is 13.1. The Morgan fingerprint density at radius 1 is 1.13 bits per heavy atom. The van der Waals surface area contributed by atoms with E-state index < -0.39 is 10.8 Å². The van der Waals surface area contributed by atoms with Gasteiger partial charge in [0.15, 0.2) is 0 Å². The maximum Gasteiger partial charge on any atom is 0.239 e. The van der Waals surface area contributed by atoms with Crippen LogP contribution >= 0.6 is 10.8 Å². The summed E-state index contributed by atoms with van der Waals surface area (Å²) < 4.78 is 32.9. The summed E-state index contributed by atoms with van der Waals surface area (Å²) >= 11 is 0. The van der Waals surface area contributed by atoms with Crippen molar-refractivity contribution in [2.45, 2.75) is 102 Å². The highest BCUT2D eigenvalue weighted by molar-refractivity contribution is 8.22. The fourth-order valence-corrected chi connectivity index (χ4v) is 8.28. The number of hydrogen-bond donors (Lipinski definition) is 3. The van der Waals surface area contributed by atoms with Gasteiger partial charge in [0, 0.05) is 37.7 Å². The zero-order valence-electron chi connectivity index (χ0n) is 26.6. The number of amides is 1. The summed E-state index contributed by atoms with van der Waals surface area (Å²) in [7, 11) is -3.36. The zero-order chi connectivity index (χ0) is 31.7. The largest absolute Gasteiger partial charge is 0.472 e. The van der Waals surface area contributed by atoms with Gasteiger partial charge in [-0.15, -0.1) is 15.9 Å². The van der Waals surface area contributed by atoms with Gasteiger partial charge in [-0.1, -0.05) is 49.2 Å². The average molecular weight is 633 g/mol. The molecule has 1 saturated carbocycles. The Morgan fingerprint density at radius 3 is 2.69 bits per heavy atom. The van der Waals surface area contributed by atoms with E-state index in [1.807, 2.05) is 25.5 Å². The molecule has 45 heavy (non-hydrogen) atoms. The predicted molar refractivity (Wildman–Crippen MR) is 176 cm³/mol. The number of ether oxygens (including phenoxy) is 1. The van der Waals surface area contributed by atoms with E-state index in [4.69, 9.17) is 4.74 Å². The van der Waals surface area contributed by atoms with Crippen molar-refractivity contribution in [1.29, 1.82) is 0 Å². The van der Waals surface area contributed by atoms with Crippen LogP contribution in [-0.4, -0.2) is 58.0 Å². The Labute approximate surface area is 266 Å². The number of nitrogens with zero attached hydrogens (tertiary/aromatic N) is 5. The highest BCUT2D eigenvalue weighted by Gasteiger charge is 2.36. The van der Waals surface area contributed by atoms with Crippen LogP contribution in [0.3, 0.4) is 0 Å². The summed E-state index contributed by atoms with van der Waals surface area (Å²) in [5.41, 5.74) is 6.88. The molecule has 11 heteroatoms. The zero-order valence-corrected chi connectivity index (χ0v) is 27.4. The number of carbonyl (C=O) groups excluding carboxylic acids is 1. The Hall–Kier alpha value is -3.51. The molecule has 2 aliphatic rings.